The van der Waals surface area contributed by atoms with Crippen molar-refractivity contribution in [2.24, 2.45) is 0 Å². The van der Waals surface area contributed by atoms with Gasteiger partial charge in [0.25, 0.3) is 0 Å². The summed E-state index contributed by atoms with van der Waals surface area (Å²) in [7, 11) is 1.58. The van der Waals surface area contributed by atoms with Crippen LogP contribution in [-0.4, -0.2) is 17.0 Å². The molecular weight excluding hydrogens is 358 g/mol. The fourth-order valence-corrected chi connectivity index (χ4v) is 1.71. The molecule has 0 saturated carbocycles. The maximum absolute atomic E-state index is 13.2. The van der Waals surface area contributed by atoms with Crippen LogP contribution < -0.4 is 10.1 Å². The third-order valence-electron chi connectivity index (χ3n) is 2.39. The van der Waals surface area contributed by atoms with Gasteiger partial charge in [0, 0.05) is 7.05 Å². The molecule has 0 fully saturated rings. The molecular formula is C12H8BrF4N3O. The number of hydrogen-bond acceptors (Lipinski definition) is 4. The van der Waals surface area contributed by atoms with Crippen molar-refractivity contribution in [1.29, 1.82) is 0 Å². The van der Waals surface area contributed by atoms with Gasteiger partial charge in [-0.3, -0.25) is 0 Å². The van der Waals surface area contributed by atoms with E-state index in [1.807, 2.05) is 0 Å². The van der Waals surface area contributed by atoms with Crippen LogP contribution in [0.15, 0.2) is 28.9 Å². The Morgan fingerprint density at radius 1 is 1.29 bits per heavy atom. The highest BCUT2D eigenvalue weighted by molar-refractivity contribution is 9.10. The number of nitrogens with one attached hydrogen (secondary N) is 1. The molecule has 0 unspecified atom stereocenters. The van der Waals surface area contributed by atoms with E-state index in [4.69, 9.17) is 4.74 Å². The first-order valence-corrected chi connectivity index (χ1v) is 6.35. The predicted molar refractivity (Wildman–Crippen MR) is 70.8 cm³/mol. The maximum Gasteiger partial charge on any atom is 0.419 e. The van der Waals surface area contributed by atoms with Crippen molar-refractivity contribution in [2.75, 3.05) is 12.4 Å². The second kappa shape index (κ2) is 5.84. The zero-order valence-electron chi connectivity index (χ0n) is 10.5. The second-order valence-corrected chi connectivity index (χ2v) is 4.69. The van der Waals surface area contributed by atoms with Crippen LogP contribution >= 0.6 is 15.9 Å². The van der Waals surface area contributed by atoms with Crippen LogP contribution in [0.4, 0.5) is 23.5 Å². The molecule has 9 heteroatoms. The van der Waals surface area contributed by atoms with Gasteiger partial charge in [0.1, 0.15) is 11.6 Å². The quantitative estimate of drug-likeness (QED) is 0.826. The maximum atomic E-state index is 13.2. The van der Waals surface area contributed by atoms with Crippen LogP contribution in [0.2, 0.25) is 0 Å². The van der Waals surface area contributed by atoms with E-state index in [1.54, 1.807) is 7.05 Å². The van der Waals surface area contributed by atoms with E-state index in [9.17, 15) is 17.6 Å². The Morgan fingerprint density at radius 2 is 2.00 bits per heavy atom. The lowest BCUT2D eigenvalue weighted by Crippen LogP contribution is -2.08. The van der Waals surface area contributed by atoms with Crippen LogP contribution in [0.3, 0.4) is 0 Å². The number of alkyl halides is 3. The van der Waals surface area contributed by atoms with Crippen LogP contribution in [-0.2, 0) is 6.18 Å². The number of nitrogens with zero attached hydrogens (tertiary/aromatic N) is 2. The Labute approximate surface area is 125 Å². The molecule has 0 amide bonds. The van der Waals surface area contributed by atoms with E-state index in [2.05, 4.69) is 31.2 Å². The smallest absolute Gasteiger partial charge is 0.419 e. The molecule has 0 aliphatic carbocycles. The molecule has 0 bridgehead atoms. The Morgan fingerprint density at radius 3 is 2.62 bits per heavy atom. The molecule has 2 aromatic rings. The van der Waals surface area contributed by atoms with Crippen LogP contribution in [0.5, 0.6) is 11.6 Å². The van der Waals surface area contributed by atoms with Crippen molar-refractivity contribution in [1.82, 2.24) is 9.97 Å². The van der Waals surface area contributed by atoms with Crippen molar-refractivity contribution >= 4 is 21.9 Å². The Kier molecular flexibility index (Phi) is 4.31. The summed E-state index contributed by atoms with van der Waals surface area (Å²) in [6.07, 6.45) is -3.43. The zero-order valence-corrected chi connectivity index (χ0v) is 12.1. The number of hydrogen-bond donors (Lipinski definition) is 1. The first-order chi connectivity index (χ1) is 9.81. The molecule has 21 heavy (non-hydrogen) atoms. The molecule has 0 saturated heterocycles. The third-order valence-corrected chi connectivity index (χ3v) is 2.94. The number of rotatable bonds is 3. The summed E-state index contributed by atoms with van der Waals surface area (Å²) >= 11 is 3.12. The van der Waals surface area contributed by atoms with Crippen molar-refractivity contribution in [3.63, 3.8) is 0 Å². The SMILES string of the molecule is CNc1ncc(Br)c(Oc2ccc(F)c(C(F)(F)F)c2)n1. The number of ether oxygens (including phenoxy) is 1. The molecule has 2 rings (SSSR count). The highest BCUT2D eigenvalue weighted by atomic mass is 79.9. The lowest BCUT2D eigenvalue weighted by atomic mass is 10.2. The van der Waals surface area contributed by atoms with Gasteiger partial charge in [0.2, 0.25) is 11.8 Å². The minimum atomic E-state index is -4.80. The fraction of sp³-hybridized carbons (Fsp3) is 0.167. The molecule has 4 nitrogen and oxygen atoms in total. The van der Waals surface area contributed by atoms with E-state index in [0.29, 0.717) is 16.6 Å². The Hall–Kier alpha value is -1.90. The van der Waals surface area contributed by atoms with Crippen molar-refractivity contribution < 1.29 is 22.3 Å². The summed E-state index contributed by atoms with van der Waals surface area (Å²) < 4.78 is 56.6. The second-order valence-electron chi connectivity index (χ2n) is 3.84. The highest BCUT2D eigenvalue weighted by Gasteiger charge is 2.34. The molecule has 0 spiro atoms. The van der Waals surface area contributed by atoms with E-state index in [0.717, 1.165) is 6.07 Å². The van der Waals surface area contributed by atoms with Crippen molar-refractivity contribution in [3.8, 4) is 11.6 Å². The number of anilines is 1. The van der Waals surface area contributed by atoms with Gasteiger partial charge in [-0.15, -0.1) is 0 Å². The number of halogens is 5. The van der Waals surface area contributed by atoms with Gasteiger partial charge in [-0.1, -0.05) is 0 Å². The van der Waals surface area contributed by atoms with Crippen LogP contribution in [0, 0.1) is 5.82 Å². The predicted octanol–water partition coefficient (Wildman–Crippen LogP) is 4.23. The van der Waals surface area contributed by atoms with Crippen LogP contribution in [0.25, 0.3) is 0 Å². The lowest BCUT2D eigenvalue weighted by Gasteiger charge is -2.11. The number of aromatic nitrogens is 2. The summed E-state index contributed by atoms with van der Waals surface area (Å²) in [6, 6.07) is 2.34. The summed E-state index contributed by atoms with van der Waals surface area (Å²) in [5.74, 6) is -1.32. The first-order valence-electron chi connectivity index (χ1n) is 5.56. The summed E-state index contributed by atoms with van der Waals surface area (Å²) in [5.41, 5.74) is -1.40. The topological polar surface area (TPSA) is 47.0 Å². The third kappa shape index (κ3) is 3.60. The van der Waals surface area contributed by atoms with Crippen molar-refractivity contribution in [2.45, 2.75) is 6.18 Å². The molecule has 0 aliphatic rings. The van der Waals surface area contributed by atoms with E-state index < -0.39 is 17.6 Å². The molecule has 1 aromatic heterocycles. The van der Waals surface area contributed by atoms with Gasteiger partial charge in [0.15, 0.2) is 0 Å². The van der Waals surface area contributed by atoms with Gasteiger partial charge in [-0.2, -0.15) is 18.2 Å². The average molecular weight is 366 g/mol. The monoisotopic (exact) mass is 365 g/mol. The average Bonchev–Trinajstić information content (AvgIpc) is 2.42. The standard InChI is InChI=1S/C12H8BrF4N3O/c1-18-11-19-5-8(13)10(20-11)21-6-2-3-9(14)7(4-6)12(15,16)17/h2-5H,1H3,(H,18,19,20). The molecule has 112 valence electrons. The normalized spacial score (nSPS) is 11.3. The molecule has 1 heterocycles. The van der Waals surface area contributed by atoms with Crippen molar-refractivity contribution in [3.05, 3.63) is 40.2 Å². The Bertz CT molecular complexity index is 663. The number of benzene rings is 1. The highest BCUT2D eigenvalue weighted by Crippen LogP contribution is 2.35. The largest absolute Gasteiger partial charge is 0.438 e. The van der Waals surface area contributed by atoms with E-state index in [-0.39, 0.29) is 17.6 Å². The Balaban J connectivity index is 2.36. The minimum absolute atomic E-state index is 0.00841. The van der Waals surface area contributed by atoms with Crippen LogP contribution in [0.1, 0.15) is 5.56 Å². The summed E-state index contributed by atoms with van der Waals surface area (Å²) in [4.78, 5) is 7.81. The molecule has 0 aliphatic heterocycles. The summed E-state index contributed by atoms with van der Waals surface area (Å²) in [6.45, 7) is 0. The van der Waals surface area contributed by atoms with Gasteiger partial charge < -0.3 is 10.1 Å². The summed E-state index contributed by atoms with van der Waals surface area (Å²) in [5, 5.41) is 2.66. The minimum Gasteiger partial charge on any atom is -0.438 e. The first kappa shape index (κ1) is 15.5. The van der Waals surface area contributed by atoms with Gasteiger partial charge in [0.05, 0.1) is 16.2 Å². The molecule has 1 N–H and O–H groups in total. The van der Waals surface area contributed by atoms with E-state index >= 15 is 0 Å². The molecule has 0 radical (unpaired) electrons. The van der Waals surface area contributed by atoms with Gasteiger partial charge in [-0.05, 0) is 34.1 Å². The zero-order chi connectivity index (χ0) is 15.6. The van der Waals surface area contributed by atoms with Gasteiger partial charge >= 0.3 is 6.18 Å². The molecule has 1 aromatic carbocycles. The van der Waals surface area contributed by atoms with E-state index in [1.165, 1.54) is 6.20 Å². The lowest BCUT2D eigenvalue weighted by molar-refractivity contribution is -0.140. The fourth-order valence-electron chi connectivity index (χ4n) is 1.44. The van der Waals surface area contributed by atoms with Gasteiger partial charge in [-0.25, -0.2) is 9.37 Å². The molecule has 0 atom stereocenters.